The SMILES string of the molecule is C=C(NCc1cnc(C(C)(N)F)nc1)c1cc(O)cc(C(=C)S/C(Cl)=C\C)c1. The number of allylic oxidation sites excluding steroid dienone is 1. The van der Waals surface area contributed by atoms with Crippen molar-refractivity contribution >= 4 is 34.0 Å². The first-order valence-electron chi connectivity index (χ1n) is 8.35. The molecule has 0 saturated carbocycles. The Bertz CT molecular complexity index is 907. The molecule has 0 aliphatic rings. The lowest BCUT2D eigenvalue weighted by Crippen LogP contribution is -2.29. The summed E-state index contributed by atoms with van der Waals surface area (Å²) in [5, 5.41) is 13.2. The van der Waals surface area contributed by atoms with Crippen LogP contribution in [0.1, 0.15) is 36.4 Å². The first-order valence-corrected chi connectivity index (χ1v) is 9.55. The van der Waals surface area contributed by atoms with E-state index in [1.165, 1.54) is 31.1 Å². The van der Waals surface area contributed by atoms with Crippen molar-refractivity contribution < 1.29 is 9.50 Å². The highest BCUT2D eigenvalue weighted by Gasteiger charge is 2.22. The van der Waals surface area contributed by atoms with Gasteiger partial charge in [-0.25, -0.2) is 14.4 Å². The van der Waals surface area contributed by atoms with Crippen molar-refractivity contribution in [2.24, 2.45) is 5.73 Å². The van der Waals surface area contributed by atoms with Crippen LogP contribution in [-0.2, 0) is 12.3 Å². The minimum absolute atomic E-state index is 0.0801. The highest BCUT2D eigenvalue weighted by molar-refractivity contribution is 8.13. The average Bonchev–Trinajstić information content (AvgIpc) is 2.65. The van der Waals surface area contributed by atoms with Gasteiger partial charge in [0, 0.05) is 40.7 Å². The van der Waals surface area contributed by atoms with Gasteiger partial charge in [-0.1, -0.05) is 42.6 Å². The number of nitrogens with two attached hydrogens (primary N) is 1. The molecule has 28 heavy (non-hydrogen) atoms. The molecule has 2 rings (SSSR count). The number of hydrogen-bond acceptors (Lipinski definition) is 6. The Morgan fingerprint density at radius 3 is 2.50 bits per heavy atom. The number of nitrogens with zero attached hydrogens (tertiary/aromatic N) is 2. The molecule has 0 amide bonds. The van der Waals surface area contributed by atoms with Gasteiger partial charge in [0.15, 0.2) is 5.82 Å². The van der Waals surface area contributed by atoms with Crippen LogP contribution in [0.5, 0.6) is 5.75 Å². The molecule has 1 aromatic heterocycles. The van der Waals surface area contributed by atoms with Gasteiger partial charge in [0.25, 0.3) is 0 Å². The molecule has 5 nitrogen and oxygen atoms in total. The number of rotatable bonds is 8. The number of thioether (sulfide) groups is 1. The molecule has 1 atom stereocenters. The Balaban J connectivity index is 2.09. The lowest BCUT2D eigenvalue weighted by atomic mass is 10.1. The van der Waals surface area contributed by atoms with Crippen LogP contribution in [0.15, 0.2) is 54.2 Å². The van der Waals surface area contributed by atoms with E-state index in [4.69, 9.17) is 17.3 Å². The van der Waals surface area contributed by atoms with Crippen LogP contribution in [-0.4, -0.2) is 15.1 Å². The molecule has 0 aliphatic carbocycles. The number of phenolic OH excluding ortho intramolecular Hbond substituents is 1. The predicted molar refractivity (Wildman–Crippen MR) is 115 cm³/mol. The van der Waals surface area contributed by atoms with Gasteiger partial charge in [-0.3, -0.25) is 5.73 Å². The lowest BCUT2D eigenvalue weighted by Gasteiger charge is -2.14. The molecule has 148 valence electrons. The summed E-state index contributed by atoms with van der Waals surface area (Å²) in [6.07, 6.45) is 4.77. The second-order valence-electron chi connectivity index (χ2n) is 6.21. The van der Waals surface area contributed by atoms with Gasteiger partial charge in [-0.2, -0.15) is 0 Å². The Morgan fingerprint density at radius 2 is 1.93 bits per heavy atom. The van der Waals surface area contributed by atoms with E-state index >= 15 is 0 Å². The lowest BCUT2D eigenvalue weighted by molar-refractivity contribution is 0.188. The third-order valence-electron chi connectivity index (χ3n) is 3.68. The molecule has 0 spiro atoms. The predicted octanol–water partition coefficient (Wildman–Crippen LogP) is 4.85. The van der Waals surface area contributed by atoms with Crippen molar-refractivity contribution in [3.63, 3.8) is 0 Å². The summed E-state index contributed by atoms with van der Waals surface area (Å²) in [7, 11) is 0. The quantitative estimate of drug-likeness (QED) is 0.529. The molecule has 0 bridgehead atoms. The molecule has 0 fully saturated rings. The number of aromatic nitrogens is 2. The van der Waals surface area contributed by atoms with Crippen molar-refractivity contribution in [2.75, 3.05) is 0 Å². The summed E-state index contributed by atoms with van der Waals surface area (Å²) in [4.78, 5) is 8.57. The van der Waals surface area contributed by atoms with Gasteiger partial charge in [0.2, 0.25) is 5.79 Å². The second-order valence-corrected chi connectivity index (χ2v) is 7.98. The van der Waals surface area contributed by atoms with Gasteiger partial charge in [0.05, 0.1) is 4.36 Å². The van der Waals surface area contributed by atoms with Crippen molar-refractivity contribution in [3.8, 4) is 5.75 Å². The maximum atomic E-state index is 13.6. The van der Waals surface area contributed by atoms with E-state index in [2.05, 4.69) is 28.4 Å². The summed E-state index contributed by atoms with van der Waals surface area (Å²) < 4.78 is 14.2. The van der Waals surface area contributed by atoms with E-state index in [1.807, 2.05) is 13.0 Å². The van der Waals surface area contributed by atoms with E-state index < -0.39 is 5.79 Å². The molecule has 1 heterocycles. The van der Waals surface area contributed by atoms with Crippen LogP contribution in [0.2, 0.25) is 0 Å². The van der Waals surface area contributed by atoms with Crippen LogP contribution < -0.4 is 11.1 Å². The highest BCUT2D eigenvalue weighted by Crippen LogP contribution is 2.36. The maximum absolute atomic E-state index is 13.6. The number of benzene rings is 1. The summed E-state index contributed by atoms with van der Waals surface area (Å²) in [5.41, 5.74) is 8.09. The van der Waals surface area contributed by atoms with Gasteiger partial charge in [-0.15, -0.1) is 0 Å². The van der Waals surface area contributed by atoms with E-state index in [-0.39, 0.29) is 11.6 Å². The fraction of sp³-hybridized carbons (Fsp3) is 0.200. The fourth-order valence-electron chi connectivity index (χ4n) is 2.19. The third kappa shape index (κ3) is 6.09. The van der Waals surface area contributed by atoms with Crippen LogP contribution in [0.3, 0.4) is 0 Å². The maximum Gasteiger partial charge on any atom is 0.216 e. The van der Waals surface area contributed by atoms with Gasteiger partial charge < -0.3 is 10.4 Å². The minimum atomic E-state index is -2.08. The van der Waals surface area contributed by atoms with Gasteiger partial charge >= 0.3 is 0 Å². The number of nitrogens with one attached hydrogen (secondary N) is 1. The van der Waals surface area contributed by atoms with Crippen LogP contribution >= 0.6 is 23.4 Å². The molecule has 0 radical (unpaired) electrons. The van der Waals surface area contributed by atoms with Gasteiger partial charge in [-0.05, 0) is 37.6 Å². The number of alkyl halides is 1. The van der Waals surface area contributed by atoms with E-state index in [9.17, 15) is 9.50 Å². The molecule has 1 unspecified atom stereocenters. The number of hydrogen-bond donors (Lipinski definition) is 3. The normalized spacial score (nSPS) is 13.7. The van der Waals surface area contributed by atoms with Gasteiger partial charge in [0.1, 0.15) is 5.75 Å². The first-order chi connectivity index (χ1) is 13.1. The minimum Gasteiger partial charge on any atom is -0.508 e. The first kappa shape index (κ1) is 21.9. The average molecular weight is 421 g/mol. The van der Waals surface area contributed by atoms with Crippen molar-refractivity contribution in [1.82, 2.24) is 15.3 Å². The molecule has 0 saturated heterocycles. The molecule has 1 aromatic carbocycles. The standard InChI is InChI=1S/C20H22ClFN4OS/c1-5-18(21)28-13(3)16-6-15(7-17(27)8-16)12(2)24-9-14-10-25-19(26-11-14)20(4,22)23/h5-8,10-11,24,27H,2-3,9,23H2,1,4H3/b18-5-. The Morgan fingerprint density at radius 1 is 1.32 bits per heavy atom. The summed E-state index contributed by atoms with van der Waals surface area (Å²) in [5.74, 6) is -2.07. The molecular formula is C20H22ClFN4OS. The summed E-state index contributed by atoms with van der Waals surface area (Å²) in [6, 6.07) is 5.06. The number of aromatic hydroxyl groups is 1. The topological polar surface area (TPSA) is 84.1 Å². The zero-order chi connectivity index (χ0) is 20.9. The van der Waals surface area contributed by atoms with Crippen molar-refractivity contribution in [1.29, 1.82) is 0 Å². The Labute approximate surface area is 173 Å². The number of phenols is 1. The summed E-state index contributed by atoms with van der Waals surface area (Å²) >= 11 is 7.35. The smallest absolute Gasteiger partial charge is 0.216 e. The van der Waals surface area contributed by atoms with Crippen LogP contribution in [0.25, 0.3) is 10.6 Å². The summed E-state index contributed by atoms with van der Waals surface area (Å²) in [6.45, 7) is 11.4. The zero-order valence-corrected chi connectivity index (χ0v) is 17.2. The van der Waals surface area contributed by atoms with E-state index in [0.29, 0.717) is 27.1 Å². The largest absolute Gasteiger partial charge is 0.508 e. The molecule has 0 aliphatic heterocycles. The van der Waals surface area contributed by atoms with E-state index in [0.717, 1.165) is 11.1 Å². The van der Waals surface area contributed by atoms with E-state index in [1.54, 1.807) is 18.2 Å². The van der Waals surface area contributed by atoms with Crippen molar-refractivity contribution in [3.05, 3.63) is 76.7 Å². The molecular weight excluding hydrogens is 399 g/mol. The number of halogens is 2. The zero-order valence-electron chi connectivity index (χ0n) is 15.7. The third-order valence-corrected chi connectivity index (χ3v) is 5.05. The Kier molecular flexibility index (Phi) is 7.23. The van der Waals surface area contributed by atoms with Crippen molar-refractivity contribution in [2.45, 2.75) is 26.2 Å². The van der Waals surface area contributed by atoms with Crippen LogP contribution in [0, 0.1) is 0 Å². The molecule has 4 N–H and O–H groups in total. The molecule has 2 aromatic rings. The van der Waals surface area contributed by atoms with Crippen LogP contribution in [0.4, 0.5) is 4.39 Å². The highest BCUT2D eigenvalue weighted by atomic mass is 35.5. The monoisotopic (exact) mass is 420 g/mol. The second kappa shape index (κ2) is 9.23. The fourth-order valence-corrected chi connectivity index (χ4v) is 3.06. The Hall–Kier alpha value is -2.35. The molecule has 8 heteroatoms.